The van der Waals surface area contributed by atoms with Crippen molar-refractivity contribution in [1.29, 1.82) is 0 Å². The molecule has 2 aromatic heterocycles. The molecule has 1 fully saturated rings. The van der Waals surface area contributed by atoms with Crippen LogP contribution in [0.1, 0.15) is 25.3 Å². The molecule has 0 saturated heterocycles. The van der Waals surface area contributed by atoms with Gasteiger partial charge in [0.1, 0.15) is 0 Å². The maximum absolute atomic E-state index is 12.0. The molecule has 2 atom stereocenters. The third-order valence-corrected chi connectivity index (χ3v) is 4.39. The first-order valence-electron chi connectivity index (χ1n) is 6.38. The number of thiazole rings is 1. The Morgan fingerprint density at radius 2 is 2.25 bits per heavy atom. The van der Waals surface area contributed by atoms with Crippen molar-refractivity contribution in [2.75, 3.05) is 19.5 Å². The van der Waals surface area contributed by atoms with Gasteiger partial charge in [-0.05, 0) is 25.2 Å². The number of nitrogens with zero attached hydrogens (tertiary/aromatic N) is 3. The van der Waals surface area contributed by atoms with Crippen LogP contribution in [0.5, 0.6) is 0 Å². The van der Waals surface area contributed by atoms with Gasteiger partial charge < -0.3 is 15.9 Å². The van der Waals surface area contributed by atoms with Crippen LogP contribution in [0.25, 0.3) is 10.3 Å². The van der Waals surface area contributed by atoms with E-state index in [-0.39, 0.29) is 29.4 Å². The lowest BCUT2D eigenvalue weighted by Crippen LogP contribution is -2.18. The molecule has 2 heterocycles. The fraction of sp³-hybridized carbons (Fsp3) is 0.583. The lowest BCUT2D eigenvalue weighted by atomic mass is 10.1. The Labute approximate surface area is 119 Å². The summed E-state index contributed by atoms with van der Waals surface area (Å²) >= 11 is 1.15. The van der Waals surface area contributed by atoms with Crippen molar-refractivity contribution in [3.63, 3.8) is 0 Å². The maximum atomic E-state index is 12.0. The monoisotopic (exact) mass is 298 g/mol. The Hall–Kier alpha value is -1.51. The topological polar surface area (TPSA) is 114 Å². The number of hydrogen-bond donors (Lipinski definition) is 3. The van der Waals surface area contributed by atoms with Crippen molar-refractivity contribution in [2.45, 2.75) is 25.3 Å². The van der Waals surface area contributed by atoms with Gasteiger partial charge in [0.15, 0.2) is 5.65 Å². The van der Waals surface area contributed by atoms with Gasteiger partial charge in [-0.25, -0.2) is 4.98 Å². The van der Waals surface area contributed by atoms with E-state index in [4.69, 9.17) is 10.8 Å². The van der Waals surface area contributed by atoms with Crippen molar-refractivity contribution in [3.8, 4) is 0 Å². The summed E-state index contributed by atoms with van der Waals surface area (Å²) in [5.74, 6) is 0.474. The molecule has 2 unspecified atom stereocenters. The number of rotatable bonds is 2. The van der Waals surface area contributed by atoms with Crippen molar-refractivity contribution >= 4 is 27.6 Å². The Morgan fingerprint density at radius 3 is 2.90 bits per heavy atom. The summed E-state index contributed by atoms with van der Waals surface area (Å²) in [7, 11) is 1.00. The molecule has 110 valence electrons. The summed E-state index contributed by atoms with van der Waals surface area (Å²) < 4.78 is 2.48. The minimum atomic E-state index is -0.0199. The van der Waals surface area contributed by atoms with E-state index in [1.807, 2.05) is 0 Å². The minimum Gasteiger partial charge on any atom is -0.400 e. The van der Waals surface area contributed by atoms with Crippen molar-refractivity contribution < 1.29 is 10.2 Å². The SMILES string of the molecule is CO.Nc1ncc2sc(=O)n(C3CCC(CO)C3)c2n1. The predicted octanol–water partition coefficient (Wildman–Crippen LogP) is 0.377. The van der Waals surface area contributed by atoms with E-state index in [1.54, 1.807) is 10.8 Å². The molecule has 20 heavy (non-hydrogen) atoms. The average Bonchev–Trinajstić information content (AvgIpc) is 3.04. The number of aromatic nitrogens is 3. The van der Waals surface area contributed by atoms with Crippen LogP contribution in [-0.2, 0) is 0 Å². The highest BCUT2D eigenvalue weighted by Crippen LogP contribution is 2.35. The molecular weight excluding hydrogens is 280 g/mol. The smallest absolute Gasteiger partial charge is 0.309 e. The number of aliphatic hydroxyl groups excluding tert-OH is 2. The third kappa shape index (κ3) is 2.67. The van der Waals surface area contributed by atoms with Crippen LogP contribution in [0.3, 0.4) is 0 Å². The van der Waals surface area contributed by atoms with Gasteiger partial charge in [0.25, 0.3) is 0 Å². The quantitative estimate of drug-likeness (QED) is 0.738. The standard InChI is InChI=1S/C11H14N4O2S.CH4O/c12-10-13-4-8-9(14-10)15(11(17)18-8)7-2-1-6(3-7)5-16;1-2/h4,6-7,16H,1-3,5H2,(H2,12,13,14);2H,1H3. The zero-order chi connectivity index (χ0) is 14.7. The van der Waals surface area contributed by atoms with Gasteiger partial charge in [-0.15, -0.1) is 0 Å². The minimum absolute atomic E-state index is 0.0199. The molecule has 0 radical (unpaired) electrons. The number of aliphatic hydroxyl groups is 2. The molecule has 3 rings (SSSR count). The van der Waals surface area contributed by atoms with Crippen LogP contribution in [0.2, 0.25) is 0 Å². The molecular formula is C12H18N4O3S. The van der Waals surface area contributed by atoms with Crippen molar-refractivity contribution in [2.24, 2.45) is 5.92 Å². The summed E-state index contributed by atoms with van der Waals surface area (Å²) in [5, 5.41) is 16.2. The Bertz CT molecular complexity index is 639. The highest BCUT2D eigenvalue weighted by atomic mass is 32.1. The molecule has 4 N–H and O–H groups in total. The van der Waals surface area contributed by atoms with Crippen LogP contribution in [0.15, 0.2) is 11.0 Å². The van der Waals surface area contributed by atoms with Gasteiger partial charge in [0.05, 0.1) is 10.9 Å². The molecule has 1 aliphatic rings. The van der Waals surface area contributed by atoms with Crippen molar-refractivity contribution in [3.05, 3.63) is 15.9 Å². The number of nitrogen functional groups attached to an aromatic ring is 1. The van der Waals surface area contributed by atoms with E-state index in [9.17, 15) is 9.90 Å². The summed E-state index contributed by atoms with van der Waals surface area (Å²) in [5.41, 5.74) is 6.21. The van der Waals surface area contributed by atoms with E-state index < -0.39 is 0 Å². The maximum Gasteiger partial charge on any atom is 0.309 e. The largest absolute Gasteiger partial charge is 0.400 e. The van der Waals surface area contributed by atoms with E-state index in [0.717, 1.165) is 42.4 Å². The lowest BCUT2D eigenvalue weighted by Gasteiger charge is -2.11. The molecule has 0 amide bonds. The number of anilines is 1. The van der Waals surface area contributed by atoms with Crippen LogP contribution in [0, 0.1) is 5.92 Å². The molecule has 0 aliphatic heterocycles. The second-order valence-corrected chi connectivity index (χ2v) is 5.66. The van der Waals surface area contributed by atoms with Gasteiger partial charge in [0, 0.05) is 19.8 Å². The zero-order valence-corrected chi connectivity index (χ0v) is 12.0. The highest BCUT2D eigenvalue weighted by Gasteiger charge is 2.28. The van der Waals surface area contributed by atoms with Gasteiger partial charge in [-0.2, -0.15) is 4.98 Å². The molecule has 2 aromatic rings. The fourth-order valence-electron chi connectivity index (χ4n) is 2.62. The van der Waals surface area contributed by atoms with Crippen molar-refractivity contribution in [1.82, 2.24) is 14.5 Å². The first-order chi connectivity index (χ1) is 9.69. The predicted molar refractivity (Wildman–Crippen MR) is 77.7 cm³/mol. The molecule has 1 aliphatic carbocycles. The summed E-state index contributed by atoms with van der Waals surface area (Å²) in [4.78, 5) is 20.1. The van der Waals surface area contributed by atoms with E-state index in [2.05, 4.69) is 9.97 Å². The van der Waals surface area contributed by atoms with Gasteiger partial charge in [0.2, 0.25) is 5.95 Å². The van der Waals surface area contributed by atoms with Crippen LogP contribution >= 0.6 is 11.3 Å². The van der Waals surface area contributed by atoms with E-state index in [1.165, 1.54) is 0 Å². The Kier molecular flexibility index (Phi) is 4.69. The molecule has 7 nitrogen and oxygen atoms in total. The Balaban J connectivity index is 0.000000704. The second-order valence-electron chi connectivity index (χ2n) is 4.67. The molecule has 1 saturated carbocycles. The summed E-state index contributed by atoms with van der Waals surface area (Å²) in [6.07, 6.45) is 4.28. The van der Waals surface area contributed by atoms with Crippen LogP contribution in [-0.4, -0.2) is 38.5 Å². The first kappa shape index (κ1) is 14.9. The van der Waals surface area contributed by atoms with Gasteiger partial charge in [-0.1, -0.05) is 11.3 Å². The van der Waals surface area contributed by atoms with Gasteiger partial charge in [-0.3, -0.25) is 9.36 Å². The lowest BCUT2D eigenvalue weighted by molar-refractivity contribution is 0.226. The van der Waals surface area contributed by atoms with Crippen LogP contribution < -0.4 is 10.6 Å². The molecule has 0 spiro atoms. The Morgan fingerprint density at radius 1 is 1.50 bits per heavy atom. The average molecular weight is 298 g/mol. The van der Waals surface area contributed by atoms with E-state index in [0.29, 0.717) is 5.65 Å². The second kappa shape index (κ2) is 6.29. The molecule has 8 heteroatoms. The highest BCUT2D eigenvalue weighted by molar-refractivity contribution is 7.16. The number of nitrogens with two attached hydrogens (primary N) is 1. The van der Waals surface area contributed by atoms with E-state index >= 15 is 0 Å². The van der Waals surface area contributed by atoms with Crippen LogP contribution in [0.4, 0.5) is 5.95 Å². The first-order valence-corrected chi connectivity index (χ1v) is 7.20. The fourth-order valence-corrected chi connectivity index (χ4v) is 3.48. The van der Waals surface area contributed by atoms with Gasteiger partial charge >= 0.3 is 4.87 Å². The molecule has 0 aromatic carbocycles. The summed E-state index contributed by atoms with van der Waals surface area (Å²) in [6.45, 7) is 0.185. The number of fused-ring (bicyclic) bond motifs is 1. The normalized spacial score (nSPS) is 21.8. The molecule has 0 bridgehead atoms. The summed E-state index contributed by atoms with van der Waals surface area (Å²) in [6, 6.07) is 0.123. The third-order valence-electron chi connectivity index (χ3n) is 3.51. The zero-order valence-electron chi connectivity index (χ0n) is 11.2. The number of hydrogen-bond acceptors (Lipinski definition) is 7.